The van der Waals surface area contributed by atoms with Gasteiger partial charge in [0.1, 0.15) is 23.7 Å². The molecular weight excluding hydrogens is 364 g/mol. The van der Waals surface area contributed by atoms with Gasteiger partial charge in [0.15, 0.2) is 0 Å². The summed E-state index contributed by atoms with van der Waals surface area (Å²) in [5, 5.41) is 21.3. The third-order valence-electron chi connectivity index (χ3n) is 5.19. The van der Waals surface area contributed by atoms with Crippen molar-refractivity contribution in [3.63, 3.8) is 0 Å². The van der Waals surface area contributed by atoms with Crippen molar-refractivity contribution in [1.82, 2.24) is 0 Å². The first-order valence-corrected chi connectivity index (χ1v) is 9.18. The highest BCUT2D eigenvalue weighted by molar-refractivity contribution is 5.98. The van der Waals surface area contributed by atoms with E-state index in [-0.39, 0.29) is 30.9 Å². The minimum atomic E-state index is -1.12. The molecule has 1 aliphatic rings. The van der Waals surface area contributed by atoms with Gasteiger partial charge in [0.25, 0.3) is 0 Å². The summed E-state index contributed by atoms with van der Waals surface area (Å²) in [6, 6.07) is 0. The smallest absolute Gasteiger partial charge is 0.342 e. The van der Waals surface area contributed by atoms with Crippen molar-refractivity contribution in [2.75, 3.05) is 13.7 Å². The zero-order chi connectivity index (χ0) is 21.2. The number of aliphatic hydroxyl groups excluding tert-OH is 1. The average Bonchev–Trinajstić information content (AvgIpc) is 3.04. The number of fused-ring (bicyclic) bond motifs is 1. The van der Waals surface area contributed by atoms with Crippen molar-refractivity contribution < 1.29 is 34.0 Å². The number of cyclic esters (lactones) is 1. The molecule has 7 heteroatoms. The predicted octanol–water partition coefficient (Wildman–Crippen LogP) is 2.82. The number of rotatable bonds is 7. The first kappa shape index (κ1) is 21.8. The minimum Gasteiger partial charge on any atom is -0.507 e. The second kappa shape index (κ2) is 8.22. The monoisotopic (exact) mass is 392 g/mol. The maximum atomic E-state index is 12.1. The first-order chi connectivity index (χ1) is 13.1. The summed E-state index contributed by atoms with van der Waals surface area (Å²) in [6.45, 7) is 8.76. The molecule has 2 N–H and O–H groups in total. The van der Waals surface area contributed by atoms with Crippen LogP contribution in [0.5, 0.6) is 11.5 Å². The largest absolute Gasteiger partial charge is 0.507 e. The molecule has 1 aromatic carbocycles. The van der Waals surface area contributed by atoms with Gasteiger partial charge in [-0.05, 0) is 52.2 Å². The van der Waals surface area contributed by atoms with Crippen LogP contribution in [0.3, 0.4) is 0 Å². The van der Waals surface area contributed by atoms with Gasteiger partial charge in [-0.2, -0.15) is 0 Å². The molecule has 0 fully saturated rings. The lowest BCUT2D eigenvalue weighted by Gasteiger charge is -2.29. The number of esters is 2. The molecule has 154 valence electrons. The van der Waals surface area contributed by atoms with E-state index in [9.17, 15) is 19.8 Å². The van der Waals surface area contributed by atoms with Crippen molar-refractivity contribution in [2.24, 2.45) is 5.41 Å². The van der Waals surface area contributed by atoms with Crippen LogP contribution in [0.4, 0.5) is 0 Å². The van der Waals surface area contributed by atoms with E-state index >= 15 is 0 Å². The molecule has 0 radical (unpaired) electrons. The van der Waals surface area contributed by atoms with Crippen molar-refractivity contribution in [2.45, 2.75) is 53.8 Å². The number of carbonyl (C=O) groups is 2. The van der Waals surface area contributed by atoms with Gasteiger partial charge in [0.05, 0.1) is 25.2 Å². The normalized spacial score (nSPS) is 15.1. The molecule has 0 saturated heterocycles. The molecule has 0 saturated carbocycles. The summed E-state index contributed by atoms with van der Waals surface area (Å²) in [5.41, 5.74) is 1.35. The number of phenolic OH excluding ortho intramolecular Hbond substituents is 1. The number of hydrogen-bond donors (Lipinski definition) is 2. The molecule has 1 heterocycles. The second-order valence-electron chi connectivity index (χ2n) is 7.41. The van der Waals surface area contributed by atoms with E-state index in [1.54, 1.807) is 40.7 Å². The van der Waals surface area contributed by atoms with Crippen LogP contribution in [0.25, 0.3) is 0 Å². The quantitative estimate of drug-likeness (QED) is 0.543. The van der Waals surface area contributed by atoms with E-state index < -0.39 is 23.5 Å². The molecule has 0 spiro atoms. The predicted molar refractivity (Wildman–Crippen MR) is 102 cm³/mol. The zero-order valence-electron chi connectivity index (χ0n) is 17.2. The van der Waals surface area contributed by atoms with E-state index in [2.05, 4.69) is 0 Å². The summed E-state index contributed by atoms with van der Waals surface area (Å²) < 4.78 is 15.5. The minimum absolute atomic E-state index is 0.103. The topological polar surface area (TPSA) is 102 Å². The van der Waals surface area contributed by atoms with Crippen molar-refractivity contribution in [1.29, 1.82) is 0 Å². The van der Waals surface area contributed by atoms with Crippen LogP contribution in [0.15, 0.2) is 11.6 Å². The Kier molecular flexibility index (Phi) is 6.39. The van der Waals surface area contributed by atoms with E-state index in [1.807, 2.05) is 0 Å². The van der Waals surface area contributed by atoms with Crippen LogP contribution in [0.1, 0.15) is 54.7 Å². The molecule has 1 aromatic rings. The highest BCUT2D eigenvalue weighted by Gasteiger charge is 2.38. The van der Waals surface area contributed by atoms with E-state index in [1.165, 1.54) is 7.11 Å². The highest BCUT2D eigenvalue weighted by Crippen LogP contribution is 2.42. The molecule has 7 nitrogen and oxygen atoms in total. The SMILES string of the molecule is CCOC(=O)C(C)(C)C(O)/C(C)=C/Cc1c(O)c2c(c(C)c1OC)COC2=O. The fourth-order valence-corrected chi connectivity index (χ4v) is 3.40. The molecule has 28 heavy (non-hydrogen) atoms. The lowest BCUT2D eigenvalue weighted by atomic mass is 9.82. The molecule has 0 amide bonds. The first-order valence-electron chi connectivity index (χ1n) is 9.18. The Hall–Kier alpha value is -2.54. The molecule has 1 unspecified atom stereocenters. The fourth-order valence-electron chi connectivity index (χ4n) is 3.40. The molecule has 0 aliphatic carbocycles. The number of benzene rings is 1. The van der Waals surface area contributed by atoms with Gasteiger partial charge in [-0.1, -0.05) is 6.08 Å². The standard InChI is InChI=1S/C21H28O7/c1-7-27-20(25)21(4,5)18(23)11(2)8-9-13-16(22)15-14(10-28-19(15)24)12(3)17(13)26-6/h8,18,22-23H,7,9-10H2,1-6H3/b11-8+. The second-order valence-corrected chi connectivity index (χ2v) is 7.41. The van der Waals surface area contributed by atoms with Crippen LogP contribution in [-0.4, -0.2) is 42.0 Å². The Morgan fingerprint density at radius 2 is 2.04 bits per heavy atom. The van der Waals surface area contributed by atoms with Gasteiger partial charge in [0, 0.05) is 11.1 Å². The number of aliphatic hydroxyl groups is 1. The maximum absolute atomic E-state index is 12.1. The summed E-state index contributed by atoms with van der Waals surface area (Å²) >= 11 is 0. The van der Waals surface area contributed by atoms with Gasteiger partial charge >= 0.3 is 11.9 Å². The highest BCUT2D eigenvalue weighted by atomic mass is 16.5. The number of allylic oxidation sites excluding steroid dienone is 1. The van der Waals surface area contributed by atoms with Gasteiger partial charge < -0.3 is 24.4 Å². The Morgan fingerprint density at radius 3 is 2.61 bits per heavy atom. The van der Waals surface area contributed by atoms with Crippen molar-refractivity contribution in [3.05, 3.63) is 33.9 Å². The average molecular weight is 392 g/mol. The number of carbonyl (C=O) groups excluding carboxylic acids is 2. The van der Waals surface area contributed by atoms with E-state index in [4.69, 9.17) is 14.2 Å². The van der Waals surface area contributed by atoms with Crippen LogP contribution in [-0.2, 0) is 27.3 Å². The van der Waals surface area contributed by atoms with Gasteiger partial charge in [-0.15, -0.1) is 0 Å². The van der Waals surface area contributed by atoms with Crippen molar-refractivity contribution >= 4 is 11.9 Å². The molecule has 1 aliphatic heterocycles. The van der Waals surface area contributed by atoms with Gasteiger partial charge in [-0.25, -0.2) is 4.79 Å². The summed E-state index contributed by atoms with van der Waals surface area (Å²) in [6.07, 6.45) is 0.841. The number of aromatic hydroxyl groups is 1. The molecule has 2 rings (SSSR count). The fraction of sp³-hybridized carbons (Fsp3) is 0.524. The van der Waals surface area contributed by atoms with E-state index in [0.717, 1.165) is 5.56 Å². The number of hydrogen-bond acceptors (Lipinski definition) is 7. The van der Waals surface area contributed by atoms with Crippen LogP contribution >= 0.6 is 0 Å². The number of methoxy groups -OCH3 is 1. The molecular formula is C21H28O7. The van der Waals surface area contributed by atoms with Gasteiger partial charge in [-0.3, -0.25) is 4.79 Å². The van der Waals surface area contributed by atoms with Crippen LogP contribution in [0.2, 0.25) is 0 Å². The zero-order valence-corrected chi connectivity index (χ0v) is 17.2. The summed E-state index contributed by atoms with van der Waals surface area (Å²) in [4.78, 5) is 24.1. The Balaban J connectivity index is 2.38. The lowest BCUT2D eigenvalue weighted by molar-refractivity contribution is -0.158. The third kappa shape index (κ3) is 3.71. The van der Waals surface area contributed by atoms with Crippen LogP contribution in [0, 0.1) is 12.3 Å². The Bertz CT molecular complexity index is 821. The molecule has 1 atom stereocenters. The van der Waals surface area contributed by atoms with Crippen LogP contribution < -0.4 is 4.74 Å². The lowest BCUT2D eigenvalue weighted by Crippen LogP contribution is -2.39. The van der Waals surface area contributed by atoms with Crippen molar-refractivity contribution in [3.8, 4) is 11.5 Å². The maximum Gasteiger partial charge on any atom is 0.342 e. The Labute approximate surface area is 164 Å². The van der Waals surface area contributed by atoms with E-state index in [0.29, 0.717) is 22.4 Å². The Morgan fingerprint density at radius 1 is 1.39 bits per heavy atom. The number of phenols is 1. The summed E-state index contributed by atoms with van der Waals surface area (Å²) in [7, 11) is 1.49. The third-order valence-corrected chi connectivity index (χ3v) is 5.19. The van der Waals surface area contributed by atoms with Gasteiger partial charge in [0.2, 0.25) is 0 Å². The molecule has 0 bridgehead atoms. The summed E-state index contributed by atoms with van der Waals surface area (Å²) in [5.74, 6) is -0.767. The number of ether oxygens (including phenoxy) is 3. The molecule has 0 aromatic heterocycles.